The first-order valence-electron chi connectivity index (χ1n) is 9.73. The van der Waals surface area contributed by atoms with Crippen LogP contribution in [0.2, 0.25) is 5.02 Å². The molecule has 1 spiro atoms. The summed E-state index contributed by atoms with van der Waals surface area (Å²) < 4.78 is 1.20. The van der Waals surface area contributed by atoms with Gasteiger partial charge in [-0.15, -0.1) is 0 Å². The van der Waals surface area contributed by atoms with Gasteiger partial charge in [-0.1, -0.05) is 67.4 Å². The van der Waals surface area contributed by atoms with Crippen molar-refractivity contribution in [3.63, 3.8) is 0 Å². The van der Waals surface area contributed by atoms with E-state index in [1.54, 1.807) is 6.07 Å². The third kappa shape index (κ3) is 2.97. The third-order valence-electron chi connectivity index (χ3n) is 6.03. The molecule has 150 valence electrons. The van der Waals surface area contributed by atoms with Crippen molar-refractivity contribution in [1.82, 2.24) is 4.42 Å². The van der Waals surface area contributed by atoms with Gasteiger partial charge in [0.25, 0.3) is 0 Å². The van der Waals surface area contributed by atoms with Gasteiger partial charge in [0, 0.05) is 34.8 Å². The topological polar surface area (TPSA) is 49.4 Å². The predicted octanol–water partition coefficient (Wildman–Crippen LogP) is 5.42. The lowest BCUT2D eigenvalue weighted by Gasteiger charge is -2.49. The standard InChI is InChI=1S/C23H22Cl2N2O2/c1-3-7-14(2)21-23(17-10-4-5-11-19(17)26-22(23)29)18(13-20(28)27(21)25)15-8-6-9-16(24)12-15/h4-6,8-12,18,21H,2-3,7,13H2,1H3,(H,26,29). The number of carbonyl (C=O) groups is 2. The minimum Gasteiger partial charge on any atom is -0.325 e. The van der Waals surface area contributed by atoms with Crippen molar-refractivity contribution in [2.75, 3.05) is 5.32 Å². The van der Waals surface area contributed by atoms with Crippen LogP contribution in [0.25, 0.3) is 0 Å². The van der Waals surface area contributed by atoms with Crippen molar-refractivity contribution in [3.05, 3.63) is 76.8 Å². The summed E-state index contributed by atoms with van der Waals surface area (Å²) in [5.41, 5.74) is 2.14. The molecule has 2 aromatic carbocycles. The lowest BCUT2D eigenvalue weighted by atomic mass is 9.59. The number of anilines is 1. The maximum absolute atomic E-state index is 13.7. The number of amides is 2. The fraction of sp³-hybridized carbons (Fsp3) is 0.304. The van der Waals surface area contributed by atoms with Gasteiger partial charge in [-0.05, 0) is 35.7 Å². The highest BCUT2D eigenvalue weighted by Crippen LogP contribution is 2.56. The molecule has 1 saturated heterocycles. The molecule has 0 aliphatic carbocycles. The molecule has 2 aliphatic rings. The van der Waals surface area contributed by atoms with E-state index in [4.69, 9.17) is 23.4 Å². The van der Waals surface area contributed by atoms with Crippen LogP contribution in [0.1, 0.15) is 43.2 Å². The number of fused-ring (bicyclic) bond motifs is 2. The number of rotatable bonds is 4. The van der Waals surface area contributed by atoms with Gasteiger partial charge in [-0.25, -0.2) is 4.42 Å². The second-order valence-electron chi connectivity index (χ2n) is 7.70. The number of nitrogens with one attached hydrogen (secondary N) is 1. The lowest BCUT2D eigenvalue weighted by Crippen LogP contribution is -2.61. The van der Waals surface area contributed by atoms with Gasteiger partial charge in [0.15, 0.2) is 0 Å². The summed E-state index contributed by atoms with van der Waals surface area (Å²) in [4.78, 5) is 26.6. The van der Waals surface area contributed by atoms with Gasteiger partial charge in [-0.3, -0.25) is 9.59 Å². The molecule has 3 unspecified atom stereocenters. The van der Waals surface area contributed by atoms with Gasteiger partial charge in [-0.2, -0.15) is 0 Å². The molecule has 2 aromatic rings. The molecule has 2 amide bonds. The van der Waals surface area contributed by atoms with Crippen LogP contribution in [0.4, 0.5) is 5.69 Å². The zero-order valence-electron chi connectivity index (χ0n) is 16.1. The number of hydrogen-bond acceptors (Lipinski definition) is 2. The molecule has 0 radical (unpaired) electrons. The Labute approximate surface area is 180 Å². The number of carbonyl (C=O) groups excluding carboxylic acids is 2. The van der Waals surface area contributed by atoms with E-state index in [0.29, 0.717) is 11.4 Å². The van der Waals surface area contributed by atoms with Crippen LogP contribution in [0.15, 0.2) is 60.7 Å². The minimum absolute atomic E-state index is 0.113. The number of nitrogens with zero attached hydrogens (tertiary/aromatic N) is 1. The van der Waals surface area contributed by atoms with Crippen molar-refractivity contribution < 1.29 is 9.59 Å². The van der Waals surface area contributed by atoms with Crippen molar-refractivity contribution in [3.8, 4) is 0 Å². The zero-order valence-corrected chi connectivity index (χ0v) is 17.6. The summed E-state index contributed by atoms with van der Waals surface area (Å²) in [5, 5.41) is 3.59. The van der Waals surface area contributed by atoms with E-state index >= 15 is 0 Å². The highest BCUT2D eigenvalue weighted by molar-refractivity contribution is 6.30. The first-order valence-corrected chi connectivity index (χ1v) is 10.4. The van der Waals surface area contributed by atoms with Gasteiger partial charge >= 0.3 is 0 Å². The van der Waals surface area contributed by atoms with Crippen molar-refractivity contribution in [2.45, 2.75) is 43.6 Å². The first kappa shape index (κ1) is 20.0. The largest absolute Gasteiger partial charge is 0.325 e. The van der Waals surface area contributed by atoms with Crippen molar-refractivity contribution in [1.29, 1.82) is 0 Å². The van der Waals surface area contributed by atoms with E-state index < -0.39 is 17.4 Å². The maximum Gasteiger partial charge on any atom is 0.238 e. The third-order valence-corrected chi connectivity index (χ3v) is 6.65. The quantitative estimate of drug-likeness (QED) is 0.521. The molecule has 6 heteroatoms. The molecule has 2 aliphatic heterocycles. The van der Waals surface area contributed by atoms with E-state index in [1.807, 2.05) is 49.4 Å². The Morgan fingerprint density at radius 3 is 2.72 bits per heavy atom. The summed E-state index contributed by atoms with van der Waals surface area (Å²) >= 11 is 12.8. The molecular weight excluding hydrogens is 407 g/mol. The summed E-state index contributed by atoms with van der Waals surface area (Å²) in [7, 11) is 0. The van der Waals surface area contributed by atoms with Crippen molar-refractivity contribution in [2.24, 2.45) is 0 Å². The Bertz CT molecular complexity index is 1010. The Morgan fingerprint density at radius 1 is 1.24 bits per heavy atom. The maximum atomic E-state index is 13.7. The van der Waals surface area contributed by atoms with E-state index in [1.165, 1.54) is 4.42 Å². The molecule has 4 nitrogen and oxygen atoms in total. The molecule has 0 aromatic heterocycles. The van der Waals surface area contributed by atoms with Crippen LogP contribution in [-0.2, 0) is 15.0 Å². The summed E-state index contributed by atoms with van der Waals surface area (Å²) in [5.74, 6) is -0.795. The fourth-order valence-corrected chi connectivity index (χ4v) is 5.46. The highest BCUT2D eigenvalue weighted by Gasteiger charge is 2.63. The Kier molecular flexibility index (Phi) is 5.18. The fourth-order valence-electron chi connectivity index (χ4n) is 4.90. The molecule has 1 N–H and O–H groups in total. The predicted molar refractivity (Wildman–Crippen MR) is 116 cm³/mol. The Morgan fingerprint density at radius 2 is 2.00 bits per heavy atom. The Balaban J connectivity index is 2.01. The normalized spacial score (nSPS) is 25.8. The highest BCUT2D eigenvalue weighted by atomic mass is 35.5. The average Bonchev–Trinajstić information content (AvgIpc) is 2.98. The second-order valence-corrected chi connectivity index (χ2v) is 8.50. The number of hydrogen-bond donors (Lipinski definition) is 1. The van der Waals surface area contributed by atoms with Gasteiger partial charge in [0.05, 0.1) is 6.04 Å². The van der Waals surface area contributed by atoms with Gasteiger partial charge < -0.3 is 5.32 Å². The van der Waals surface area contributed by atoms with Crippen LogP contribution in [0, 0.1) is 0 Å². The summed E-state index contributed by atoms with van der Waals surface area (Å²) in [6, 6.07) is 14.3. The number of halogens is 2. The summed E-state index contributed by atoms with van der Waals surface area (Å²) in [6.45, 7) is 6.28. The molecule has 1 fully saturated rings. The molecule has 3 atom stereocenters. The van der Waals surface area contributed by atoms with Crippen LogP contribution in [0.3, 0.4) is 0 Å². The molecule has 4 rings (SSSR count). The van der Waals surface area contributed by atoms with E-state index in [0.717, 1.165) is 28.8 Å². The molecular formula is C23H22Cl2N2O2. The van der Waals surface area contributed by atoms with Crippen LogP contribution >= 0.6 is 23.4 Å². The minimum atomic E-state index is -1.07. The summed E-state index contributed by atoms with van der Waals surface area (Å²) in [6.07, 6.45) is 1.62. The Hall–Kier alpha value is -2.30. The molecule has 0 bridgehead atoms. The van der Waals surface area contributed by atoms with Crippen LogP contribution < -0.4 is 5.32 Å². The van der Waals surface area contributed by atoms with Gasteiger partial charge in [0.2, 0.25) is 11.8 Å². The van der Waals surface area contributed by atoms with Crippen LogP contribution in [-0.4, -0.2) is 22.3 Å². The number of benzene rings is 2. The monoisotopic (exact) mass is 428 g/mol. The number of piperidine rings is 1. The zero-order chi connectivity index (χ0) is 20.8. The van der Waals surface area contributed by atoms with Crippen LogP contribution in [0.5, 0.6) is 0 Å². The first-order chi connectivity index (χ1) is 13.9. The molecule has 29 heavy (non-hydrogen) atoms. The van der Waals surface area contributed by atoms with E-state index in [-0.39, 0.29) is 18.2 Å². The van der Waals surface area contributed by atoms with Gasteiger partial charge in [0.1, 0.15) is 5.41 Å². The SMILES string of the molecule is C=C(CCC)C1N(Cl)C(=O)CC(c2cccc(Cl)c2)C12C(=O)Nc1ccccc12. The average molecular weight is 429 g/mol. The lowest BCUT2D eigenvalue weighted by molar-refractivity contribution is -0.137. The van der Waals surface area contributed by atoms with E-state index in [2.05, 4.69) is 11.9 Å². The van der Waals surface area contributed by atoms with E-state index in [9.17, 15) is 9.59 Å². The molecule has 0 saturated carbocycles. The smallest absolute Gasteiger partial charge is 0.238 e. The van der Waals surface area contributed by atoms with Crippen molar-refractivity contribution >= 4 is 40.9 Å². The number of para-hydroxylation sites is 1. The molecule has 2 heterocycles. The second kappa shape index (κ2) is 7.51.